The van der Waals surface area contributed by atoms with Crippen molar-refractivity contribution in [3.05, 3.63) is 58.6 Å². The smallest absolute Gasteiger partial charge is 0.338 e. The van der Waals surface area contributed by atoms with Gasteiger partial charge in [-0.15, -0.1) is 0 Å². The van der Waals surface area contributed by atoms with Crippen LogP contribution < -0.4 is 5.32 Å². The number of carbonyl (C=O) groups is 2. The number of hydroxylamine groups is 1. The van der Waals surface area contributed by atoms with E-state index >= 15 is 0 Å². The molecular weight excluding hydrogens is 446 g/mol. The Kier molecular flexibility index (Phi) is 7.48. The fourth-order valence-electron chi connectivity index (χ4n) is 2.17. The van der Waals surface area contributed by atoms with E-state index in [-0.39, 0.29) is 10.6 Å². The number of nitrogens with zero attached hydrogens (tertiary/aromatic N) is 1. The summed E-state index contributed by atoms with van der Waals surface area (Å²) in [4.78, 5) is 28.7. The second-order valence-electron chi connectivity index (χ2n) is 5.90. The quantitative estimate of drug-likeness (QED) is 0.501. The molecule has 0 aliphatic heterocycles. The molecule has 0 aliphatic rings. The number of rotatable bonds is 7. The number of anilines is 1. The Balaban J connectivity index is 2.18. The molecule has 2 aromatic carbocycles. The maximum atomic E-state index is 13.6. The average Bonchev–Trinajstić information content (AvgIpc) is 2.69. The van der Waals surface area contributed by atoms with E-state index < -0.39 is 50.2 Å². The molecule has 2 rings (SSSR count). The zero-order valence-corrected chi connectivity index (χ0v) is 17.6. The number of carbonyl (C=O) groups excluding carboxylic acids is 2. The van der Waals surface area contributed by atoms with Crippen LogP contribution in [0.3, 0.4) is 0 Å². The Morgan fingerprint density at radius 3 is 2.47 bits per heavy atom. The van der Waals surface area contributed by atoms with Crippen molar-refractivity contribution < 1.29 is 36.4 Å². The van der Waals surface area contributed by atoms with Crippen LogP contribution in [0.2, 0.25) is 5.02 Å². The first-order chi connectivity index (χ1) is 14.0. The Hall–Kier alpha value is -2.60. The van der Waals surface area contributed by atoms with Gasteiger partial charge >= 0.3 is 5.97 Å². The number of hydrogen-bond acceptors (Lipinski definition) is 6. The molecule has 0 saturated carbocycles. The second kappa shape index (κ2) is 9.47. The van der Waals surface area contributed by atoms with E-state index in [1.165, 1.54) is 19.1 Å². The van der Waals surface area contributed by atoms with Gasteiger partial charge in [-0.2, -0.15) is 0 Å². The lowest BCUT2D eigenvalue weighted by Crippen LogP contribution is -2.30. The van der Waals surface area contributed by atoms with Gasteiger partial charge in [0, 0.05) is 13.1 Å². The Morgan fingerprint density at radius 2 is 1.83 bits per heavy atom. The van der Waals surface area contributed by atoms with Crippen molar-refractivity contribution in [3.63, 3.8) is 0 Å². The van der Waals surface area contributed by atoms with Gasteiger partial charge in [0.2, 0.25) is 0 Å². The molecule has 0 aliphatic carbocycles. The molecule has 8 nitrogen and oxygen atoms in total. The maximum absolute atomic E-state index is 13.6. The predicted octanol–water partition coefficient (Wildman–Crippen LogP) is 2.98. The lowest BCUT2D eigenvalue weighted by molar-refractivity contribution is -0.123. The molecule has 0 radical (unpaired) electrons. The van der Waals surface area contributed by atoms with Crippen LogP contribution in [0.4, 0.5) is 14.5 Å². The lowest BCUT2D eigenvalue weighted by atomic mass is 10.2. The van der Waals surface area contributed by atoms with E-state index in [4.69, 9.17) is 16.3 Å². The number of sulfonamides is 1. The molecule has 1 atom stereocenters. The van der Waals surface area contributed by atoms with Crippen molar-refractivity contribution in [2.75, 3.05) is 19.5 Å². The monoisotopic (exact) mass is 462 g/mol. The molecule has 0 fully saturated rings. The van der Waals surface area contributed by atoms with Crippen LogP contribution >= 0.6 is 11.6 Å². The van der Waals surface area contributed by atoms with Gasteiger partial charge < -0.3 is 10.1 Å². The number of esters is 1. The third-order valence-corrected chi connectivity index (χ3v) is 6.04. The van der Waals surface area contributed by atoms with Crippen LogP contribution in [0.25, 0.3) is 0 Å². The molecule has 2 aromatic rings. The minimum atomic E-state index is -4.16. The zero-order valence-electron chi connectivity index (χ0n) is 16.0. The van der Waals surface area contributed by atoms with E-state index in [0.29, 0.717) is 4.47 Å². The Labute approximate surface area is 176 Å². The number of ether oxygens (including phenoxy) is 1. The van der Waals surface area contributed by atoms with E-state index in [1.54, 1.807) is 0 Å². The van der Waals surface area contributed by atoms with E-state index in [9.17, 15) is 26.8 Å². The first kappa shape index (κ1) is 23.7. The van der Waals surface area contributed by atoms with Gasteiger partial charge in [0.05, 0.1) is 23.4 Å². The Bertz CT molecular complexity index is 1080. The summed E-state index contributed by atoms with van der Waals surface area (Å²) in [5, 5.41) is 1.94. The number of hydrogen-bond donors (Lipinski definition) is 1. The van der Waals surface area contributed by atoms with Crippen molar-refractivity contribution >= 4 is 39.2 Å². The van der Waals surface area contributed by atoms with Crippen LogP contribution in [0.5, 0.6) is 0 Å². The summed E-state index contributed by atoms with van der Waals surface area (Å²) in [7, 11) is -1.89. The highest BCUT2D eigenvalue weighted by molar-refractivity contribution is 7.89. The maximum Gasteiger partial charge on any atom is 0.338 e. The first-order valence-corrected chi connectivity index (χ1v) is 10.1. The predicted molar refractivity (Wildman–Crippen MR) is 103 cm³/mol. The van der Waals surface area contributed by atoms with Gasteiger partial charge in [-0.05, 0) is 37.3 Å². The summed E-state index contributed by atoms with van der Waals surface area (Å²) >= 11 is 5.92. The van der Waals surface area contributed by atoms with Crippen molar-refractivity contribution in [2.45, 2.75) is 17.9 Å². The van der Waals surface area contributed by atoms with Gasteiger partial charge in [0.15, 0.2) is 6.10 Å². The summed E-state index contributed by atoms with van der Waals surface area (Å²) in [6.45, 7) is 1.21. The molecule has 162 valence electrons. The largest absolute Gasteiger partial charge is 0.449 e. The van der Waals surface area contributed by atoms with Gasteiger partial charge in [-0.25, -0.2) is 22.0 Å². The summed E-state index contributed by atoms with van der Waals surface area (Å²) in [5.41, 5.74) is -0.635. The lowest BCUT2D eigenvalue weighted by Gasteiger charge is -2.17. The number of benzene rings is 2. The van der Waals surface area contributed by atoms with Crippen LogP contribution in [-0.4, -0.2) is 45.0 Å². The minimum absolute atomic E-state index is 0.164. The van der Waals surface area contributed by atoms with Gasteiger partial charge in [-0.1, -0.05) is 16.1 Å². The third kappa shape index (κ3) is 5.30. The van der Waals surface area contributed by atoms with Gasteiger partial charge in [-0.3, -0.25) is 9.63 Å². The van der Waals surface area contributed by atoms with Crippen LogP contribution in [-0.2, 0) is 24.4 Å². The topological polar surface area (TPSA) is 102 Å². The van der Waals surface area contributed by atoms with Crippen molar-refractivity contribution in [3.8, 4) is 0 Å². The fourth-order valence-corrected chi connectivity index (χ4v) is 3.65. The summed E-state index contributed by atoms with van der Waals surface area (Å²) in [6, 6.07) is 5.81. The normalized spacial score (nSPS) is 12.5. The molecule has 0 bridgehead atoms. The zero-order chi connectivity index (χ0) is 22.6. The molecule has 0 heterocycles. The van der Waals surface area contributed by atoms with Crippen LogP contribution in [0, 0.1) is 11.6 Å². The average molecular weight is 463 g/mol. The number of amides is 1. The fraction of sp³-hybridized carbons (Fsp3) is 0.222. The minimum Gasteiger partial charge on any atom is -0.449 e. The molecule has 1 unspecified atom stereocenters. The van der Waals surface area contributed by atoms with Gasteiger partial charge in [0.1, 0.15) is 16.5 Å². The third-order valence-electron chi connectivity index (χ3n) is 3.88. The van der Waals surface area contributed by atoms with E-state index in [2.05, 4.69) is 10.2 Å². The van der Waals surface area contributed by atoms with Crippen LogP contribution in [0.1, 0.15) is 17.3 Å². The van der Waals surface area contributed by atoms with E-state index in [0.717, 1.165) is 38.4 Å². The van der Waals surface area contributed by atoms with Crippen molar-refractivity contribution in [1.29, 1.82) is 0 Å². The standard InChI is InChI=1S/C18H17ClF2N2O6S/c1-10(17(24)22-15-9-12(20)5-7-14(15)21)29-18(25)11-4-6-13(19)16(8-11)30(26,27)23(2)28-3/h4-10H,1-3H3,(H,22,24). The molecule has 0 spiro atoms. The van der Waals surface area contributed by atoms with Crippen molar-refractivity contribution in [1.82, 2.24) is 4.47 Å². The first-order valence-electron chi connectivity index (χ1n) is 8.27. The van der Waals surface area contributed by atoms with Crippen molar-refractivity contribution in [2.24, 2.45) is 0 Å². The number of halogens is 3. The highest BCUT2D eigenvalue weighted by Gasteiger charge is 2.27. The number of nitrogens with one attached hydrogen (secondary N) is 1. The summed E-state index contributed by atoms with van der Waals surface area (Å²) < 4.78 is 57.1. The van der Waals surface area contributed by atoms with E-state index in [1.807, 2.05) is 0 Å². The molecular formula is C18H17ClF2N2O6S. The summed E-state index contributed by atoms with van der Waals surface area (Å²) in [5.74, 6) is -3.61. The highest BCUT2D eigenvalue weighted by Crippen LogP contribution is 2.26. The second-order valence-corrected chi connectivity index (χ2v) is 8.21. The molecule has 1 amide bonds. The Morgan fingerprint density at radius 1 is 1.17 bits per heavy atom. The van der Waals surface area contributed by atoms with Crippen LogP contribution in [0.15, 0.2) is 41.3 Å². The summed E-state index contributed by atoms with van der Waals surface area (Å²) in [6.07, 6.45) is -1.41. The molecule has 0 aromatic heterocycles. The highest BCUT2D eigenvalue weighted by atomic mass is 35.5. The SMILES string of the molecule is CON(C)S(=O)(=O)c1cc(C(=O)OC(C)C(=O)Nc2cc(F)ccc2F)ccc1Cl. The molecule has 0 saturated heterocycles. The molecule has 30 heavy (non-hydrogen) atoms. The molecule has 12 heteroatoms. The van der Waals surface area contributed by atoms with Gasteiger partial charge in [0.25, 0.3) is 15.9 Å². The molecule has 1 N–H and O–H groups in total.